The summed E-state index contributed by atoms with van der Waals surface area (Å²) in [5.74, 6) is 6.96. The van der Waals surface area contributed by atoms with Crippen molar-refractivity contribution in [1.82, 2.24) is 4.90 Å². The van der Waals surface area contributed by atoms with Crippen LogP contribution in [0.25, 0.3) is 0 Å². The Labute approximate surface area is 73.6 Å². The number of likely N-dealkylation sites (tertiary alicyclic amines) is 1. The smallest absolute Gasteiger partial charge is 0.213 e. The van der Waals surface area contributed by atoms with E-state index in [1.807, 2.05) is 0 Å². The van der Waals surface area contributed by atoms with Gasteiger partial charge in [-0.2, -0.15) is 0 Å². The zero-order valence-corrected chi connectivity index (χ0v) is 7.83. The Bertz CT molecular complexity index is 168. The van der Waals surface area contributed by atoms with E-state index >= 15 is 0 Å². The molecule has 4 nitrogen and oxygen atoms in total. The van der Waals surface area contributed by atoms with E-state index in [2.05, 4.69) is 23.8 Å². The van der Waals surface area contributed by atoms with Crippen LogP contribution in [0.1, 0.15) is 20.3 Å². The molecule has 1 saturated heterocycles. The first-order chi connectivity index (χ1) is 5.63. The van der Waals surface area contributed by atoms with Gasteiger partial charge in [-0.15, -0.1) is 5.10 Å². The number of nitrogens with two attached hydrogens (primary N) is 2. The van der Waals surface area contributed by atoms with Gasteiger partial charge in [-0.05, 0) is 18.3 Å². The molecule has 0 aliphatic carbocycles. The van der Waals surface area contributed by atoms with Crippen molar-refractivity contribution >= 4 is 5.96 Å². The summed E-state index contributed by atoms with van der Waals surface area (Å²) >= 11 is 0. The minimum absolute atomic E-state index is 0.466. The van der Waals surface area contributed by atoms with E-state index in [0.29, 0.717) is 17.8 Å². The van der Waals surface area contributed by atoms with Gasteiger partial charge < -0.3 is 16.5 Å². The molecule has 0 bridgehead atoms. The molecule has 4 N–H and O–H groups in total. The lowest BCUT2D eigenvalue weighted by molar-refractivity contribution is 0.211. The molecule has 0 saturated carbocycles. The monoisotopic (exact) mass is 170 g/mol. The Morgan fingerprint density at radius 1 is 1.33 bits per heavy atom. The molecule has 2 atom stereocenters. The van der Waals surface area contributed by atoms with Crippen molar-refractivity contribution in [3.8, 4) is 0 Å². The fourth-order valence-corrected chi connectivity index (χ4v) is 1.93. The summed E-state index contributed by atoms with van der Waals surface area (Å²) < 4.78 is 0. The highest BCUT2D eigenvalue weighted by molar-refractivity contribution is 5.77. The average molecular weight is 170 g/mol. The van der Waals surface area contributed by atoms with Crippen LogP contribution in [0.3, 0.4) is 0 Å². The molecule has 0 amide bonds. The van der Waals surface area contributed by atoms with Crippen molar-refractivity contribution in [2.45, 2.75) is 20.3 Å². The van der Waals surface area contributed by atoms with E-state index < -0.39 is 0 Å². The molecule has 0 aromatic heterocycles. The third-order valence-corrected chi connectivity index (χ3v) is 2.33. The summed E-state index contributed by atoms with van der Waals surface area (Å²) in [6.07, 6.45) is 1.27. The number of hydrogen-bond acceptors (Lipinski definition) is 2. The first-order valence-corrected chi connectivity index (χ1v) is 4.41. The van der Waals surface area contributed by atoms with Crippen molar-refractivity contribution in [1.29, 1.82) is 0 Å². The fourth-order valence-electron chi connectivity index (χ4n) is 1.93. The summed E-state index contributed by atoms with van der Waals surface area (Å²) in [7, 11) is 0. The number of hydrogen-bond donors (Lipinski definition) is 2. The van der Waals surface area contributed by atoms with Crippen LogP contribution in [-0.4, -0.2) is 23.9 Å². The number of piperidine rings is 1. The molecule has 1 aliphatic rings. The molecule has 1 rings (SSSR count). The lowest BCUT2D eigenvalue weighted by Gasteiger charge is -2.35. The third-order valence-electron chi connectivity index (χ3n) is 2.33. The Kier molecular flexibility index (Phi) is 2.78. The van der Waals surface area contributed by atoms with E-state index in [4.69, 9.17) is 11.6 Å². The minimum Gasteiger partial charge on any atom is -0.368 e. The molecule has 0 radical (unpaired) electrons. The summed E-state index contributed by atoms with van der Waals surface area (Å²) in [5.41, 5.74) is 5.62. The lowest BCUT2D eigenvalue weighted by Crippen LogP contribution is -2.46. The van der Waals surface area contributed by atoms with Gasteiger partial charge in [0, 0.05) is 13.1 Å². The van der Waals surface area contributed by atoms with Crippen molar-refractivity contribution in [3.63, 3.8) is 0 Å². The quantitative estimate of drug-likeness (QED) is 0.235. The molecule has 2 unspecified atom stereocenters. The molecule has 1 heterocycles. The number of hydrazone groups is 1. The van der Waals surface area contributed by atoms with Crippen molar-refractivity contribution < 1.29 is 0 Å². The van der Waals surface area contributed by atoms with E-state index in [1.54, 1.807) is 0 Å². The summed E-state index contributed by atoms with van der Waals surface area (Å²) in [5, 5.41) is 3.50. The van der Waals surface area contributed by atoms with Crippen LogP contribution in [0.5, 0.6) is 0 Å². The highest BCUT2D eigenvalue weighted by Gasteiger charge is 2.22. The maximum atomic E-state index is 5.62. The topological polar surface area (TPSA) is 67.6 Å². The molecular weight excluding hydrogens is 152 g/mol. The van der Waals surface area contributed by atoms with Gasteiger partial charge in [0.15, 0.2) is 0 Å². The number of guanidine groups is 1. The van der Waals surface area contributed by atoms with E-state index in [9.17, 15) is 0 Å². The fraction of sp³-hybridized carbons (Fsp3) is 0.875. The van der Waals surface area contributed by atoms with Gasteiger partial charge >= 0.3 is 0 Å². The van der Waals surface area contributed by atoms with Gasteiger partial charge in [0.1, 0.15) is 0 Å². The van der Waals surface area contributed by atoms with Gasteiger partial charge in [0.25, 0.3) is 0 Å². The summed E-state index contributed by atoms with van der Waals surface area (Å²) in [6.45, 7) is 6.42. The van der Waals surface area contributed by atoms with Crippen LogP contribution in [0.15, 0.2) is 5.10 Å². The van der Waals surface area contributed by atoms with Crippen LogP contribution in [0.2, 0.25) is 0 Å². The highest BCUT2D eigenvalue weighted by atomic mass is 15.3. The Balaban J connectivity index is 2.55. The molecule has 0 aromatic carbocycles. The van der Waals surface area contributed by atoms with Gasteiger partial charge in [-0.1, -0.05) is 13.8 Å². The first kappa shape index (κ1) is 9.16. The second-order valence-electron chi connectivity index (χ2n) is 3.84. The summed E-state index contributed by atoms with van der Waals surface area (Å²) in [6, 6.07) is 0. The highest BCUT2D eigenvalue weighted by Crippen LogP contribution is 2.20. The molecule has 1 aliphatic heterocycles. The van der Waals surface area contributed by atoms with Crippen LogP contribution in [0.4, 0.5) is 0 Å². The molecule has 4 heteroatoms. The Morgan fingerprint density at radius 3 is 2.25 bits per heavy atom. The predicted octanol–water partition coefficient (Wildman–Crippen LogP) is 0.153. The Morgan fingerprint density at radius 2 is 1.83 bits per heavy atom. The SMILES string of the molecule is CC1CC(C)CN(C(N)=NN)C1. The molecule has 0 aromatic rings. The van der Waals surface area contributed by atoms with Crippen LogP contribution in [0, 0.1) is 11.8 Å². The van der Waals surface area contributed by atoms with Crippen LogP contribution < -0.4 is 11.6 Å². The molecule has 12 heavy (non-hydrogen) atoms. The predicted molar refractivity (Wildman–Crippen MR) is 50.3 cm³/mol. The number of rotatable bonds is 0. The Hall–Kier alpha value is -0.930. The maximum Gasteiger partial charge on any atom is 0.213 e. The minimum atomic E-state index is 0.466. The van der Waals surface area contributed by atoms with Gasteiger partial charge in [0.05, 0.1) is 0 Å². The van der Waals surface area contributed by atoms with Crippen molar-refractivity contribution in [3.05, 3.63) is 0 Å². The standard InChI is InChI=1S/C8H18N4/c1-6-3-7(2)5-12(4-6)8(9)11-10/h6-7H,3-5,10H2,1-2H3,(H2,9,11). The maximum absolute atomic E-state index is 5.62. The van der Waals surface area contributed by atoms with E-state index in [-0.39, 0.29) is 0 Å². The van der Waals surface area contributed by atoms with Gasteiger partial charge in [-0.3, -0.25) is 0 Å². The molecule has 70 valence electrons. The van der Waals surface area contributed by atoms with Gasteiger partial charge in [-0.25, -0.2) is 0 Å². The largest absolute Gasteiger partial charge is 0.368 e. The van der Waals surface area contributed by atoms with E-state index in [0.717, 1.165) is 13.1 Å². The number of nitrogens with zero attached hydrogens (tertiary/aromatic N) is 2. The van der Waals surface area contributed by atoms with Crippen molar-refractivity contribution in [2.75, 3.05) is 13.1 Å². The average Bonchev–Trinajstić information content (AvgIpc) is 2.01. The molecular formula is C8H18N4. The second kappa shape index (κ2) is 3.65. The zero-order valence-electron chi connectivity index (χ0n) is 7.83. The molecule has 0 spiro atoms. The van der Waals surface area contributed by atoms with Gasteiger partial charge in [0.2, 0.25) is 5.96 Å². The zero-order chi connectivity index (χ0) is 9.14. The first-order valence-electron chi connectivity index (χ1n) is 4.41. The molecule has 1 fully saturated rings. The van der Waals surface area contributed by atoms with E-state index in [1.165, 1.54) is 6.42 Å². The van der Waals surface area contributed by atoms with Crippen molar-refractivity contribution in [2.24, 2.45) is 28.5 Å². The second-order valence-corrected chi connectivity index (χ2v) is 3.84. The third kappa shape index (κ3) is 2.03. The van der Waals surface area contributed by atoms with Crippen LogP contribution >= 0.6 is 0 Å². The lowest BCUT2D eigenvalue weighted by atomic mass is 9.92. The van der Waals surface area contributed by atoms with Crippen LogP contribution in [-0.2, 0) is 0 Å². The normalized spacial score (nSPS) is 32.2. The summed E-state index contributed by atoms with van der Waals surface area (Å²) in [4.78, 5) is 2.05.